The molecule has 0 radical (unpaired) electrons. The summed E-state index contributed by atoms with van der Waals surface area (Å²) >= 11 is 0. The third-order valence-electron chi connectivity index (χ3n) is 4.40. The van der Waals surface area contributed by atoms with Crippen LogP contribution in [0.3, 0.4) is 0 Å². The van der Waals surface area contributed by atoms with E-state index in [1.165, 1.54) is 70.6 Å². The molecule has 0 saturated carbocycles. The standard InChI is InChI=1S/C18H38O/c1-4-7-8-9-10-11-12-13-14-15-18(19)16-17(5-2)6-3/h17-19H,4-16H2,1-3H3. The smallest absolute Gasteiger partial charge is 0.0542 e. The largest absolute Gasteiger partial charge is 0.393 e. The molecule has 116 valence electrons. The van der Waals surface area contributed by atoms with Gasteiger partial charge in [-0.25, -0.2) is 0 Å². The second kappa shape index (κ2) is 14.4. The Kier molecular flexibility index (Phi) is 14.3. The van der Waals surface area contributed by atoms with Gasteiger partial charge in [-0.3, -0.25) is 0 Å². The van der Waals surface area contributed by atoms with E-state index >= 15 is 0 Å². The Labute approximate surface area is 122 Å². The van der Waals surface area contributed by atoms with Crippen LogP contribution in [0.4, 0.5) is 0 Å². The Morgan fingerprint density at radius 1 is 0.684 bits per heavy atom. The molecule has 0 saturated heterocycles. The van der Waals surface area contributed by atoms with Gasteiger partial charge in [0.25, 0.3) is 0 Å². The molecule has 0 heterocycles. The first-order chi connectivity index (χ1) is 9.24. The van der Waals surface area contributed by atoms with Crippen LogP contribution >= 0.6 is 0 Å². The molecule has 1 atom stereocenters. The Balaban J connectivity index is 3.24. The third kappa shape index (κ3) is 12.7. The van der Waals surface area contributed by atoms with Gasteiger partial charge >= 0.3 is 0 Å². The Hall–Kier alpha value is -0.0400. The number of hydrogen-bond donors (Lipinski definition) is 1. The fourth-order valence-corrected chi connectivity index (χ4v) is 2.82. The summed E-state index contributed by atoms with van der Waals surface area (Å²) in [6.45, 7) is 6.74. The minimum absolute atomic E-state index is 0.0468. The summed E-state index contributed by atoms with van der Waals surface area (Å²) in [4.78, 5) is 0. The van der Waals surface area contributed by atoms with Crippen LogP contribution < -0.4 is 0 Å². The van der Waals surface area contributed by atoms with E-state index in [0.717, 1.165) is 18.8 Å². The first kappa shape index (κ1) is 19.0. The van der Waals surface area contributed by atoms with Gasteiger partial charge in [-0.1, -0.05) is 91.4 Å². The summed E-state index contributed by atoms with van der Waals surface area (Å²) in [5.74, 6) is 0.730. The van der Waals surface area contributed by atoms with Crippen molar-refractivity contribution in [2.24, 2.45) is 5.92 Å². The zero-order chi connectivity index (χ0) is 14.3. The molecule has 0 bridgehead atoms. The van der Waals surface area contributed by atoms with Crippen LogP contribution in [0.1, 0.15) is 104 Å². The van der Waals surface area contributed by atoms with Gasteiger partial charge in [0.2, 0.25) is 0 Å². The van der Waals surface area contributed by atoms with Gasteiger partial charge in [0.05, 0.1) is 6.10 Å². The van der Waals surface area contributed by atoms with Crippen LogP contribution in [-0.4, -0.2) is 11.2 Å². The van der Waals surface area contributed by atoms with Gasteiger partial charge in [0.15, 0.2) is 0 Å². The number of aliphatic hydroxyl groups is 1. The van der Waals surface area contributed by atoms with Crippen molar-refractivity contribution in [3.05, 3.63) is 0 Å². The number of rotatable bonds is 14. The van der Waals surface area contributed by atoms with E-state index in [2.05, 4.69) is 20.8 Å². The summed E-state index contributed by atoms with van der Waals surface area (Å²) in [7, 11) is 0. The second-order valence-electron chi connectivity index (χ2n) is 6.19. The van der Waals surface area contributed by atoms with Crippen molar-refractivity contribution in [2.75, 3.05) is 0 Å². The molecule has 1 unspecified atom stereocenters. The van der Waals surface area contributed by atoms with Crippen LogP contribution in [0.5, 0.6) is 0 Å². The highest BCUT2D eigenvalue weighted by Crippen LogP contribution is 2.18. The van der Waals surface area contributed by atoms with Gasteiger partial charge in [0, 0.05) is 0 Å². The molecule has 1 nitrogen and oxygen atoms in total. The van der Waals surface area contributed by atoms with E-state index in [4.69, 9.17) is 0 Å². The van der Waals surface area contributed by atoms with Crippen molar-refractivity contribution < 1.29 is 5.11 Å². The topological polar surface area (TPSA) is 20.2 Å². The molecule has 0 amide bonds. The molecule has 0 fully saturated rings. The van der Waals surface area contributed by atoms with Gasteiger partial charge in [-0.15, -0.1) is 0 Å². The van der Waals surface area contributed by atoms with Crippen molar-refractivity contribution in [1.29, 1.82) is 0 Å². The van der Waals surface area contributed by atoms with Gasteiger partial charge < -0.3 is 5.11 Å². The molecule has 0 rings (SSSR count). The third-order valence-corrected chi connectivity index (χ3v) is 4.40. The lowest BCUT2D eigenvalue weighted by Crippen LogP contribution is -2.12. The molecule has 0 aliphatic rings. The van der Waals surface area contributed by atoms with Gasteiger partial charge in [-0.2, -0.15) is 0 Å². The molecular weight excluding hydrogens is 232 g/mol. The van der Waals surface area contributed by atoms with Crippen LogP contribution in [0.2, 0.25) is 0 Å². The lowest BCUT2D eigenvalue weighted by Gasteiger charge is -2.17. The first-order valence-corrected chi connectivity index (χ1v) is 8.92. The minimum atomic E-state index is -0.0468. The highest BCUT2D eigenvalue weighted by Gasteiger charge is 2.10. The molecule has 0 aliphatic heterocycles. The summed E-state index contributed by atoms with van der Waals surface area (Å²) < 4.78 is 0. The summed E-state index contributed by atoms with van der Waals surface area (Å²) in [5.41, 5.74) is 0. The highest BCUT2D eigenvalue weighted by atomic mass is 16.3. The molecule has 0 aromatic heterocycles. The van der Waals surface area contributed by atoms with E-state index in [1.54, 1.807) is 0 Å². The molecule has 0 aliphatic carbocycles. The maximum Gasteiger partial charge on any atom is 0.0542 e. The summed E-state index contributed by atoms with van der Waals surface area (Å²) in [5, 5.41) is 9.98. The second-order valence-corrected chi connectivity index (χ2v) is 6.19. The number of aliphatic hydroxyl groups excluding tert-OH is 1. The van der Waals surface area contributed by atoms with E-state index in [0.29, 0.717) is 0 Å². The van der Waals surface area contributed by atoms with Crippen molar-refractivity contribution >= 4 is 0 Å². The summed E-state index contributed by atoms with van der Waals surface area (Å²) in [6.07, 6.45) is 16.7. The lowest BCUT2D eigenvalue weighted by molar-refractivity contribution is 0.127. The molecule has 19 heavy (non-hydrogen) atoms. The van der Waals surface area contributed by atoms with Crippen LogP contribution in [0, 0.1) is 5.92 Å². The minimum Gasteiger partial charge on any atom is -0.393 e. The normalized spacial score (nSPS) is 13.1. The maximum absolute atomic E-state index is 9.98. The summed E-state index contributed by atoms with van der Waals surface area (Å²) in [6, 6.07) is 0. The van der Waals surface area contributed by atoms with Crippen molar-refractivity contribution in [3.63, 3.8) is 0 Å². The quantitative estimate of drug-likeness (QED) is 0.378. The predicted molar refractivity (Wildman–Crippen MR) is 86.5 cm³/mol. The predicted octanol–water partition coefficient (Wildman–Crippen LogP) is 6.09. The SMILES string of the molecule is CCCCCCCCCCCC(O)CC(CC)CC. The Morgan fingerprint density at radius 3 is 1.63 bits per heavy atom. The van der Waals surface area contributed by atoms with Gasteiger partial charge in [-0.05, 0) is 18.8 Å². The van der Waals surface area contributed by atoms with E-state index in [9.17, 15) is 5.11 Å². The average Bonchev–Trinajstić information content (AvgIpc) is 2.43. The highest BCUT2D eigenvalue weighted by molar-refractivity contribution is 4.63. The molecule has 0 spiro atoms. The molecule has 1 heteroatoms. The van der Waals surface area contributed by atoms with E-state index in [-0.39, 0.29) is 6.10 Å². The van der Waals surface area contributed by atoms with Crippen molar-refractivity contribution in [3.8, 4) is 0 Å². The zero-order valence-electron chi connectivity index (χ0n) is 13.8. The van der Waals surface area contributed by atoms with Gasteiger partial charge in [0.1, 0.15) is 0 Å². The Morgan fingerprint density at radius 2 is 1.16 bits per heavy atom. The first-order valence-electron chi connectivity index (χ1n) is 8.92. The Bertz CT molecular complexity index is 163. The monoisotopic (exact) mass is 270 g/mol. The molecule has 0 aromatic carbocycles. The average molecular weight is 271 g/mol. The number of hydrogen-bond acceptors (Lipinski definition) is 1. The zero-order valence-corrected chi connectivity index (χ0v) is 13.8. The van der Waals surface area contributed by atoms with Crippen LogP contribution in [-0.2, 0) is 0 Å². The number of unbranched alkanes of at least 4 members (excludes halogenated alkanes) is 8. The molecule has 0 aromatic rings. The lowest BCUT2D eigenvalue weighted by atomic mass is 9.93. The maximum atomic E-state index is 9.98. The van der Waals surface area contributed by atoms with Crippen molar-refractivity contribution in [2.45, 2.75) is 110 Å². The molecule has 1 N–H and O–H groups in total. The molecular formula is C18H38O. The van der Waals surface area contributed by atoms with Crippen LogP contribution in [0.25, 0.3) is 0 Å². The fraction of sp³-hybridized carbons (Fsp3) is 1.00. The van der Waals surface area contributed by atoms with E-state index in [1.807, 2.05) is 0 Å². The van der Waals surface area contributed by atoms with E-state index < -0.39 is 0 Å². The fourth-order valence-electron chi connectivity index (χ4n) is 2.82. The van der Waals surface area contributed by atoms with Crippen molar-refractivity contribution in [1.82, 2.24) is 0 Å². The van der Waals surface area contributed by atoms with Crippen LogP contribution in [0.15, 0.2) is 0 Å².